The number of amides is 2. The number of aliphatic hydroxyl groups excluding tert-OH is 1. The van der Waals surface area contributed by atoms with Crippen molar-refractivity contribution in [1.82, 2.24) is 10.4 Å². The molecule has 0 saturated heterocycles. The van der Waals surface area contributed by atoms with Crippen molar-refractivity contribution in [2.24, 2.45) is 5.92 Å². The molecule has 0 aliphatic carbocycles. The summed E-state index contributed by atoms with van der Waals surface area (Å²) < 4.78 is 38.1. The van der Waals surface area contributed by atoms with Gasteiger partial charge in [-0.25, -0.2) is 18.6 Å². The maximum atomic E-state index is 13.9. The molecule has 1 aromatic rings. The van der Waals surface area contributed by atoms with E-state index in [1.165, 1.54) is 14.0 Å². The van der Waals surface area contributed by atoms with E-state index in [2.05, 4.69) is 5.43 Å². The number of rotatable bonds is 10. The van der Waals surface area contributed by atoms with E-state index in [0.29, 0.717) is 12.0 Å². The van der Waals surface area contributed by atoms with Crippen LogP contribution < -0.4 is 5.43 Å². The van der Waals surface area contributed by atoms with Crippen molar-refractivity contribution in [3.63, 3.8) is 0 Å². The monoisotopic (exact) mass is 500 g/mol. The summed E-state index contributed by atoms with van der Waals surface area (Å²) in [5.41, 5.74) is 1.29. The van der Waals surface area contributed by atoms with Gasteiger partial charge in [0.1, 0.15) is 12.2 Å². The van der Waals surface area contributed by atoms with Gasteiger partial charge in [-0.15, -0.1) is 0 Å². The molecule has 0 aliphatic heterocycles. The minimum atomic E-state index is -3.38. The molecule has 0 heterocycles. The SMILES string of the molecule is CCOC(=O)C(C)Cc1cccc(C(C)(CCC(F)(F)CO)C(=O)NN(C)C(=O)OC(C)(C)C)c1. The average molecular weight is 501 g/mol. The van der Waals surface area contributed by atoms with Gasteiger partial charge in [0.05, 0.1) is 17.9 Å². The Morgan fingerprint density at radius 2 is 1.77 bits per heavy atom. The van der Waals surface area contributed by atoms with Crippen LogP contribution in [0.15, 0.2) is 24.3 Å². The number of carbonyl (C=O) groups is 3. The smallest absolute Gasteiger partial charge is 0.428 e. The Bertz CT molecular complexity index is 887. The van der Waals surface area contributed by atoms with E-state index in [-0.39, 0.29) is 19.0 Å². The van der Waals surface area contributed by atoms with Gasteiger partial charge >= 0.3 is 12.1 Å². The van der Waals surface area contributed by atoms with Crippen molar-refractivity contribution in [1.29, 1.82) is 0 Å². The standard InChI is InChI=1S/C25H38F2N2O6/c1-8-34-20(31)17(2)14-18-10-9-11-19(15-18)24(6,12-13-25(26,27)16-30)21(32)28-29(7)22(33)35-23(3,4)5/h9-11,15,17,30H,8,12-14,16H2,1-7H3,(H,28,32). The second-order valence-corrected chi connectivity index (χ2v) is 9.88. The zero-order valence-electron chi connectivity index (χ0n) is 21.6. The molecule has 0 fully saturated rings. The Morgan fingerprint density at radius 1 is 1.14 bits per heavy atom. The average Bonchev–Trinajstić information content (AvgIpc) is 2.76. The summed E-state index contributed by atoms with van der Waals surface area (Å²) in [6, 6.07) is 6.76. The first-order chi connectivity index (χ1) is 16.0. The van der Waals surface area contributed by atoms with E-state index in [9.17, 15) is 23.2 Å². The van der Waals surface area contributed by atoms with Gasteiger partial charge in [0, 0.05) is 13.5 Å². The minimum Gasteiger partial charge on any atom is -0.466 e. The number of hydrazine groups is 1. The number of aliphatic hydroxyl groups is 1. The summed E-state index contributed by atoms with van der Waals surface area (Å²) in [7, 11) is 1.30. The maximum Gasteiger partial charge on any atom is 0.428 e. The van der Waals surface area contributed by atoms with Crippen molar-refractivity contribution in [2.45, 2.75) is 77.7 Å². The lowest BCUT2D eigenvalue weighted by Crippen LogP contribution is -2.52. The van der Waals surface area contributed by atoms with Crippen LogP contribution in [0.25, 0.3) is 0 Å². The zero-order valence-corrected chi connectivity index (χ0v) is 21.6. The molecule has 2 unspecified atom stereocenters. The Labute approximate surface area is 205 Å². The topological polar surface area (TPSA) is 105 Å². The molecular formula is C25H38F2N2O6. The van der Waals surface area contributed by atoms with E-state index < -0.39 is 47.9 Å². The van der Waals surface area contributed by atoms with Gasteiger partial charge in [-0.3, -0.25) is 15.0 Å². The first-order valence-corrected chi connectivity index (χ1v) is 11.6. The molecule has 2 N–H and O–H groups in total. The number of benzene rings is 1. The van der Waals surface area contributed by atoms with Crippen molar-refractivity contribution >= 4 is 18.0 Å². The minimum absolute atomic E-state index is 0.256. The molecule has 0 aliphatic rings. The molecule has 1 aromatic carbocycles. The summed E-state index contributed by atoms with van der Waals surface area (Å²) in [6.07, 6.45) is -1.56. The van der Waals surface area contributed by atoms with Gasteiger partial charge in [0.25, 0.3) is 5.92 Å². The van der Waals surface area contributed by atoms with Crippen LogP contribution in [0.2, 0.25) is 0 Å². The molecule has 8 nitrogen and oxygen atoms in total. The van der Waals surface area contributed by atoms with Crippen molar-refractivity contribution in [3.05, 3.63) is 35.4 Å². The number of ether oxygens (including phenoxy) is 2. The number of carbonyl (C=O) groups excluding carboxylic acids is 3. The number of halogens is 2. The van der Waals surface area contributed by atoms with Crippen molar-refractivity contribution in [2.75, 3.05) is 20.3 Å². The van der Waals surface area contributed by atoms with Crippen LogP contribution in [0.1, 0.15) is 65.5 Å². The highest BCUT2D eigenvalue weighted by Gasteiger charge is 2.40. The lowest BCUT2D eigenvalue weighted by atomic mass is 9.76. The fourth-order valence-corrected chi connectivity index (χ4v) is 3.32. The highest BCUT2D eigenvalue weighted by Crippen LogP contribution is 2.34. The van der Waals surface area contributed by atoms with Crippen LogP contribution in [-0.2, 0) is 30.9 Å². The fraction of sp³-hybridized carbons (Fsp3) is 0.640. The fourth-order valence-electron chi connectivity index (χ4n) is 3.32. The molecule has 198 valence electrons. The third kappa shape index (κ3) is 9.43. The summed E-state index contributed by atoms with van der Waals surface area (Å²) in [5, 5.41) is 9.87. The quantitative estimate of drug-likeness (QED) is 0.372. The van der Waals surface area contributed by atoms with Crippen molar-refractivity contribution < 1.29 is 37.7 Å². The van der Waals surface area contributed by atoms with E-state index in [1.807, 2.05) is 0 Å². The molecule has 2 atom stereocenters. The van der Waals surface area contributed by atoms with Crippen LogP contribution in [-0.4, -0.2) is 59.9 Å². The normalized spacial score (nSPS) is 14.5. The number of nitrogens with one attached hydrogen (secondary N) is 1. The Hall–Kier alpha value is -2.75. The van der Waals surface area contributed by atoms with Crippen LogP contribution in [0.3, 0.4) is 0 Å². The summed E-state index contributed by atoms with van der Waals surface area (Å²) >= 11 is 0. The number of alkyl halides is 2. The summed E-state index contributed by atoms with van der Waals surface area (Å²) in [5.74, 6) is -4.88. The van der Waals surface area contributed by atoms with E-state index in [1.54, 1.807) is 58.9 Å². The first-order valence-electron chi connectivity index (χ1n) is 11.6. The third-order valence-corrected chi connectivity index (χ3v) is 5.45. The molecule has 0 bridgehead atoms. The largest absolute Gasteiger partial charge is 0.466 e. The van der Waals surface area contributed by atoms with Gasteiger partial charge in [0.2, 0.25) is 5.91 Å². The molecule has 2 amide bonds. The zero-order chi connectivity index (χ0) is 27.0. The third-order valence-electron chi connectivity index (χ3n) is 5.45. The number of hydrogen-bond donors (Lipinski definition) is 2. The molecular weight excluding hydrogens is 462 g/mol. The molecule has 0 radical (unpaired) electrons. The van der Waals surface area contributed by atoms with Crippen LogP contribution >= 0.6 is 0 Å². The second-order valence-electron chi connectivity index (χ2n) is 9.88. The number of esters is 1. The van der Waals surface area contributed by atoms with E-state index >= 15 is 0 Å². The predicted molar refractivity (Wildman–Crippen MR) is 127 cm³/mol. The first kappa shape index (κ1) is 30.3. The number of hydrogen-bond acceptors (Lipinski definition) is 6. The Kier molecular flexibility index (Phi) is 10.6. The summed E-state index contributed by atoms with van der Waals surface area (Å²) in [6.45, 7) is 8.84. The molecule has 0 spiro atoms. The maximum absolute atomic E-state index is 13.9. The Morgan fingerprint density at radius 3 is 2.31 bits per heavy atom. The highest BCUT2D eigenvalue weighted by molar-refractivity contribution is 5.89. The Balaban J connectivity index is 3.25. The molecule has 0 aromatic heterocycles. The molecule has 10 heteroatoms. The van der Waals surface area contributed by atoms with Gasteiger partial charge in [-0.2, -0.15) is 0 Å². The predicted octanol–water partition coefficient (Wildman–Crippen LogP) is 3.99. The van der Waals surface area contributed by atoms with Crippen LogP contribution in [0.5, 0.6) is 0 Å². The molecule has 0 saturated carbocycles. The van der Waals surface area contributed by atoms with Gasteiger partial charge in [0.15, 0.2) is 0 Å². The summed E-state index contributed by atoms with van der Waals surface area (Å²) in [4.78, 5) is 37.7. The highest BCUT2D eigenvalue weighted by atomic mass is 19.3. The van der Waals surface area contributed by atoms with Crippen LogP contribution in [0, 0.1) is 5.92 Å². The van der Waals surface area contributed by atoms with E-state index in [4.69, 9.17) is 14.6 Å². The van der Waals surface area contributed by atoms with E-state index in [0.717, 1.165) is 10.6 Å². The molecule has 1 rings (SSSR count). The van der Waals surface area contributed by atoms with Crippen LogP contribution in [0.4, 0.5) is 13.6 Å². The van der Waals surface area contributed by atoms with Crippen molar-refractivity contribution in [3.8, 4) is 0 Å². The van der Waals surface area contributed by atoms with Gasteiger partial charge in [-0.05, 0) is 58.6 Å². The number of nitrogens with zero attached hydrogens (tertiary/aromatic N) is 1. The van der Waals surface area contributed by atoms with Gasteiger partial charge in [-0.1, -0.05) is 31.2 Å². The lowest BCUT2D eigenvalue weighted by molar-refractivity contribution is -0.147. The lowest BCUT2D eigenvalue weighted by Gasteiger charge is -2.33. The second kappa shape index (κ2) is 12.3. The molecule has 35 heavy (non-hydrogen) atoms. The van der Waals surface area contributed by atoms with Gasteiger partial charge < -0.3 is 14.6 Å².